The standard InChI is InChI=1S/C18H15N7OS/c19-18(26)25(14-5-2-6-20-8-14)13-4-1-3-12(7-13)10-27-17-15-9-23-24-16(15)21-11-22-17/h1-9,11H,10H2,(H2,19,26)(H,21,22,23,24). The fourth-order valence-electron chi connectivity index (χ4n) is 2.68. The number of aromatic amines is 1. The zero-order chi connectivity index (χ0) is 18.6. The first kappa shape index (κ1) is 17.0. The monoisotopic (exact) mass is 377 g/mol. The van der Waals surface area contributed by atoms with Gasteiger partial charge in [-0.3, -0.25) is 15.0 Å². The second kappa shape index (κ2) is 7.42. The summed E-state index contributed by atoms with van der Waals surface area (Å²) in [5.41, 5.74) is 8.63. The van der Waals surface area contributed by atoms with Gasteiger partial charge in [0.15, 0.2) is 5.65 Å². The van der Waals surface area contributed by atoms with E-state index in [-0.39, 0.29) is 0 Å². The number of benzene rings is 1. The molecule has 0 aliphatic rings. The lowest BCUT2D eigenvalue weighted by molar-refractivity contribution is 0.256. The van der Waals surface area contributed by atoms with E-state index < -0.39 is 6.03 Å². The molecule has 0 saturated carbocycles. The molecule has 3 heterocycles. The van der Waals surface area contributed by atoms with Crippen molar-refractivity contribution < 1.29 is 4.79 Å². The van der Waals surface area contributed by atoms with Crippen molar-refractivity contribution in [2.45, 2.75) is 10.8 Å². The maximum absolute atomic E-state index is 12.0. The lowest BCUT2D eigenvalue weighted by atomic mass is 10.2. The van der Waals surface area contributed by atoms with Crippen LogP contribution in [0.1, 0.15) is 5.56 Å². The van der Waals surface area contributed by atoms with Crippen LogP contribution in [0.15, 0.2) is 66.3 Å². The summed E-state index contributed by atoms with van der Waals surface area (Å²) in [6, 6.07) is 10.6. The van der Waals surface area contributed by atoms with Crippen LogP contribution >= 0.6 is 11.8 Å². The van der Waals surface area contributed by atoms with E-state index in [4.69, 9.17) is 5.73 Å². The summed E-state index contributed by atoms with van der Waals surface area (Å²) in [7, 11) is 0. The van der Waals surface area contributed by atoms with Crippen LogP contribution in [0.5, 0.6) is 0 Å². The zero-order valence-corrected chi connectivity index (χ0v) is 14.9. The normalized spacial score (nSPS) is 10.8. The van der Waals surface area contributed by atoms with Gasteiger partial charge in [0.2, 0.25) is 0 Å². The lowest BCUT2D eigenvalue weighted by Crippen LogP contribution is -2.31. The maximum atomic E-state index is 12.0. The van der Waals surface area contributed by atoms with E-state index >= 15 is 0 Å². The van der Waals surface area contributed by atoms with Gasteiger partial charge in [0.1, 0.15) is 11.4 Å². The number of carbonyl (C=O) groups excluding carboxylic acids is 1. The zero-order valence-electron chi connectivity index (χ0n) is 14.1. The molecular formula is C18H15N7OS. The number of carbonyl (C=O) groups is 1. The number of anilines is 2. The molecule has 0 saturated heterocycles. The van der Waals surface area contributed by atoms with Crippen molar-refractivity contribution in [1.82, 2.24) is 25.1 Å². The van der Waals surface area contributed by atoms with Gasteiger partial charge in [0, 0.05) is 11.9 Å². The highest BCUT2D eigenvalue weighted by molar-refractivity contribution is 7.98. The molecule has 0 bridgehead atoms. The van der Waals surface area contributed by atoms with Gasteiger partial charge in [-0.25, -0.2) is 14.8 Å². The van der Waals surface area contributed by atoms with Crippen molar-refractivity contribution in [2.24, 2.45) is 5.73 Å². The number of H-pyrrole nitrogens is 1. The van der Waals surface area contributed by atoms with Crippen LogP contribution in [-0.2, 0) is 5.75 Å². The molecule has 0 spiro atoms. The predicted molar refractivity (Wildman–Crippen MR) is 104 cm³/mol. The quantitative estimate of drug-likeness (QED) is 0.408. The smallest absolute Gasteiger partial charge is 0.323 e. The molecule has 0 aliphatic heterocycles. The van der Waals surface area contributed by atoms with E-state index in [2.05, 4.69) is 25.1 Å². The second-order valence-corrected chi connectivity index (χ2v) is 6.62. The number of thioether (sulfide) groups is 1. The number of pyridine rings is 1. The molecular weight excluding hydrogens is 362 g/mol. The Balaban J connectivity index is 1.58. The van der Waals surface area contributed by atoms with E-state index in [1.54, 1.807) is 42.5 Å². The molecule has 8 nitrogen and oxygen atoms in total. The molecule has 2 amide bonds. The molecule has 4 rings (SSSR count). The number of nitrogens with one attached hydrogen (secondary N) is 1. The van der Waals surface area contributed by atoms with E-state index in [0.717, 1.165) is 16.0 Å². The summed E-state index contributed by atoms with van der Waals surface area (Å²) in [5, 5.41) is 8.56. The summed E-state index contributed by atoms with van der Waals surface area (Å²) < 4.78 is 0. The molecule has 0 aliphatic carbocycles. The molecule has 3 N–H and O–H groups in total. The molecule has 134 valence electrons. The van der Waals surface area contributed by atoms with Gasteiger partial charge in [-0.2, -0.15) is 5.10 Å². The Morgan fingerprint density at radius 2 is 2.04 bits per heavy atom. The second-order valence-electron chi connectivity index (χ2n) is 5.65. The van der Waals surface area contributed by atoms with Crippen LogP contribution in [0, 0.1) is 0 Å². The molecule has 4 aromatic rings. The van der Waals surface area contributed by atoms with Crippen molar-refractivity contribution >= 4 is 40.2 Å². The van der Waals surface area contributed by atoms with Crippen LogP contribution in [0.25, 0.3) is 11.0 Å². The van der Waals surface area contributed by atoms with Crippen molar-refractivity contribution in [3.63, 3.8) is 0 Å². The van der Waals surface area contributed by atoms with E-state index in [9.17, 15) is 4.79 Å². The largest absolute Gasteiger partial charge is 0.351 e. The van der Waals surface area contributed by atoms with E-state index in [1.807, 2.05) is 24.3 Å². The highest BCUT2D eigenvalue weighted by Crippen LogP contribution is 2.29. The number of hydrogen-bond donors (Lipinski definition) is 2. The Morgan fingerprint density at radius 1 is 1.15 bits per heavy atom. The number of aromatic nitrogens is 5. The number of amides is 2. The van der Waals surface area contributed by atoms with Gasteiger partial charge in [-0.15, -0.1) is 11.8 Å². The Bertz CT molecular complexity index is 1080. The van der Waals surface area contributed by atoms with Crippen molar-refractivity contribution in [2.75, 3.05) is 4.90 Å². The highest BCUT2D eigenvalue weighted by atomic mass is 32.2. The van der Waals surface area contributed by atoms with Crippen LogP contribution in [0.3, 0.4) is 0 Å². The van der Waals surface area contributed by atoms with Crippen LogP contribution in [-0.4, -0.2) is 31.2 Å². The van der Waals surface area contributed by atoms with Crippen molar-refractivity contribution in [3.8, 4) is 0 Å². The van der Waals surface area contributed by atoms with Gasteiger partial charge in [-0.1, -0.05) is 12.1 Å². The van der Waals surface area contributed by atoms with Gasteiger partial charge in [0.05, 0.1) is 29.2 Å². The third-order valence-corrected chi connectivity index (χ3v) is 4.96. The number of urea groups is 1. The van der Waals surface area contributed by atoms with Gasteiger partial charge < -0.3 is 5.73 Å². The molecule has 0 unspecified atom stereocenters. The third kappa shape index (κ3) is 3.58. The Morgan fingerprint density at radius 3 is 2.85 bits per heavy atom. The van der Waals surface area contributed by atoms with Gasteiger partial charge >= 0.3 is 6.03 Å². The van der Waals surface area contributed by atoms with Crippen LogP contribution < -0.4 is 10.6 Å². The molecule has 9 heteroatoms. The maximum Gasteiger partial charge on any atom is 0.323 e. The minimum atomic E-state index is -0.566. The first-order valence-corrected chi connectivity index (χ1v) is 9.06. The Hall–Kier alpha value is -3.46. The van der Waals surface area contributed by atoms with E-state index in [1.165, 1.54) is 11.2 Å². The lowest BCUT2D eigenvalue weighted by Gasteiger charge is -2.20. The minimum Gasteiger partial charge on any atom is -0.351 e. The number of primary amides is 1. The fraction of sp³-hybridized carbons (Fsp3) is 0.0556. The molecule has 0 radical (unpaired) electrons. The van der Waals surface area contributed by atoms with Crippen molar-refractivity contribution in [3.05, 3.63) is 66.9 Å². The molecule has 27 heavy (non-hydrogen) atoms. The molecule has 3 aromatic heterocycles. The Labute approximate surface area is 158 Å². The SMILES string of the molecule is NC(=O)N(c1cccnc1)c1cccc(CSc2ncnc3[nH]ncc23)c1. The summed E-state index contributed by atoms with van der Waals surface area (Å²) in [4.78, 5) is 26.0. The average molecular weight is 377 g/mol. The fourth-order valence-corrected chi connectivity index (χ4v) is 3.59. The number of nitrogens with two attached hydrogens (primary N) is 1. The molecule has 0 atom stereocenters. The average Bonchev–Trinajstić information content (AvgIpc) is 3.17. The number of rotatable bonds is 5. The Kier molecular flexibility index (Phi) is 4.67. The van der Waals surface area contributed by atoms with Crippen molar-refractivity contribution in [1.29, 1.82) is 0 Å². The predicted octanol–water partition coefficient (Wildman–Crippen LogP) is 3.26. The summed E-state index contributed by atoms with van der Waals surface area (Å²) >= 11 is 1.57. The van der Waals surface area contributed by atoms with Crippen LogP contribution in [0.4, 0.5) is 16.2 Å². The topological polar surface area (TPSA) is 114 Å². The third-order valence-electron chi connectivity index (χ3n) is 3.88. The first-order valence-electron chi connectivity index (χ1n) is 8.08. The highest BCUT2D eigenvalue weighted by Gasteiger charge is 2.15. The number of hydrogen-bond acceptors (Lipinski definition) is 6. The summed E-state index contributed by atoms with van der Waals surface area (Å²) in [6.07, 6.45) is 6.47. The van der Waals surface area contributed by atoms with Gasteiger partial charge in [0.25, 0.3) is 0 Å². The minimum absolute atomic E-state index is 0.566. The first-order chi connectivity index (χ1) is 13.2. The van der Waals surface area contributed by atoms with Crippen LogP contribution in [0.2, 0.25) is 0 Å². The molecule has 0 fully saturated rings. The number of fused-ring (bicyclic) bond motifs is 1. The summed E-state index contributed by atoms with van der Waals surface area (Å²) in [5.74, 6) is 0.671. The summed E-state index contributed by atoms with van der Waals surface area (Å²) in [6.45, 7) is 0. The van der Waals surface area contributed by atoms with Gasteiger partial charge in [-0.05, 0) is 29.8 Å². The van der Waals surface area contributed by atoms with E-state index in [0.29, 0.717) is 22.8 Å². The number of nitrogens with zero attached hydrogens (tertiary/aromatic N) is 5. The molecule has 1 aromatic carbocycles.